The van der Waals surface area contributed by atoms with E-state index in [1.54, 1.807) is 30.3 Å². The minimum Gasteiger partial charge on any atom is -0.353 e. The standard InChI is InChI=1S/C30H36FN5O3S/c1-20(21-2-7-24(31)8-3-21)33-29(37)22-4-9-25(10-5-22)35-40(38,39)26-11-12-27-23(18-26)6-13-28(34-27)36-17-16-32-30(19-36)14-15-30/h2-3,6-8,11-13,18,20,22,25,32,35H,4-5,9-10,14-17,19H2,1H3,(H,33,37)/t20-,22?,25?/m1/s1. The van der Waals surface area contributed by atoms with E-state index in [4.69, 9.17) is 4.98 Å². The fourth-order valence-corrected chi connectivity index (χ4v) is 7.34. The first-order chi connectivity index (χ1) is 19.2. The zero-order chi connectivity index (χ0) is 27.9. The maximum atomic E-state index is 13.2. The molecule has 0 bridgehead atoms. The molecule has 3 fully saturated rings. The second kappa shape index (κ2) is 10.7. The molecule has 3 aromatic rings. The number of sulfonamides is 1. The molecule has 40 heavy (non-hydrogen) atoms. The highest BCUT2D eigenvalue weighted by Gasteiger charge is 2.45. The van der Waals surface area contributed by atoms with Gasteiger partial charge in [-0.1, -0.05) is 12.1 Å². The lowest BCUT2D eigenvalue weighted by atomic mass is 9.85. The van der Waals surface area contributed by atoms with Crippen LogP contribution in [0, 0.1) is 11.7 Å². The van der Waals surface area contributed by atoms with Crippen LogP contribution in [0.2, 0.25) is 0 Å². The van der Waals surface area contributed by atoms with Gasteiger partial charge < -0.3 is 15.5 Å². The van der Waals surface area contributed by atoms with Crippen LogP contribution in [0.4, 0.5) is 10.2 Å². The Labute approximate surface area is 234 Å². The van der Waals surface area contributed by atoms with Gasteiger partial charge in [-0.25, -0.2) is 22.5 Å². The van der Waals surface area contributed by atoms with Crippen molar-refractivity contribution >= 4 is 32.7 Å². The first-order valence-electron chi connectivity index (χ1n) is 14.2. The van der Waals surface area contributed by atoms with Crippen molar-refractivity contribution in [1.82, 2.24) is 20.3 Å². The quantitative estimate of drug-likeness (QED) is 0.400. The maximum Gasteiger partial charge on any atom is 0.240 e. The van der Waals surface area contributed by atoms with E-state index in [2.05, 4.69) is 20.3 Å². The normalized spacial score (nSPS) is 23.2. The molecule has 10 heteroatoms. The molecule has 8 nitrogen and oxygen atoms in total. The average Bonchev–Trinajstić information content (AvgIpc) is 3.70. The number of anilines is 1. The Bertz CT molecular complexity index is 1500. The highest BCUT2D eigenvalue weighted by molar-refractivity contribution is 7.89. The second-order valence-electron chi connectivity index (χ2n) is 11.6. The van der Waals surface area contributed by atoms with Crippen LogP contribution >= 0.6 is 0 Å². The fraction of sp³-hybridized carbons (Fsp3) is 0.467. The number of halogens is 1. The summed E-state index contributed by atoms with van der Waals surface area (Å²) in [6.45, 7) is 4.69. The molecule has 0 unspecified atom stereocenters. The SMILES string of the molecule is C[C@@H](NC(=O)C1CCC(NS(=O)(=O)c2ccc3nc(N4CCNC5(CC5)C4)ccc3c2)CC1)c1ccc(F)cc1. The van der Waals surface area contributed by atoms with Crippen LogP contribution in [0.15, 0.2) is 59.5 Å². The van der Waals surface area contributed by atoms with E-state index in [1.807, 2.05) is 19.1 Å². The molecule has 2 aliphatic carbocycles. The highest BCUT2D eigenvalue weighted by Crippen LogP contribution is 2.38. The Morgan fingerprint density at radius 3 is 2.55 bits per heavy atom. The molecule has 3 aliphatic rings. The third-order valence-electron chi connectivity index (χ3n) is 8.66. The number of hydrogen-bond donors (Lipinski definition) is 3. The summed E-state index contributed by atoms with van der Waals surface area (Å²) in [5, 5.41) is 7.41. The number of benzene rings is 2. The van der Waals surface area contributed by atoms with Crippen molar-refractivity contribution in [2.24, 2.45) is 5.92 Å². The van der Waals surface area contributed by atoms with E-state index in [9.17, 15) is 17.6 Å². The lowest BCUT2D eigenvalue weighted by Gasteiger charge is -2.35. The van der Waals surface area contributed by atoms with Crippen molar-refractivity contribution in [1.29, 1.82) is 0 Å². The predicted octanol–water partition coefficient (Wildman–Crippen LogP) is 4.03. The number of nitrogens with one attached hydrogen (secondary N) is 3. The highest BCUT2D eigenvalue weighted by atomic mass is 32.2. The summed E-state index contributed by atoms with van der Waals surface area (Å²) in [5.41, 5.74) is 1.87. The van der Waals surface area contributed by atoms with Gasteiger partial charge in [0.25, 0.3) is 0 Å². The minimum atomic E-state index is -3.71. The van der Waals surface area contributed by atoms with Crippen molar-refractivity contribution in [3.63, 3.8) is 0 Å². The number of nitrogens with zero attached hydrogens (tertiary/aromatic N) is 2. The molecule has 6 rings (SSSR count). The molecule has 2 aromatic carbocycles. The van der Waals surface area contributed by atoms with Gasteiger partial charge in [-0.3, -0.25) is 4.79 Å². The van der Waals surface area contributed by atoms with Crippen molar-refractivity contribution in [3.05, 3.63) is 66.0 Å². The predicted molar refractivity (Wildman–Crippen MR) is 153 cm³/mol. The Balaban J connectivity index is 1.05. The fourth-order valence-electron chi connectivity index (χ4n) is 6.00. The van der Waals surface area contributed by atoms with Crippen LogP contribution in [0.3, 0.4) is 0 Å². The molecule has 1 aliphatic heterocycles. The third kappa shape index (κ3) is 5.84. The first-order valence-corrected chi connectivity index (χ1v) is 15.7. The van der Waals surface area contributed by atoms with Gasteiger partial charge in [-0.15, -0.1) is 0 Å². The number of rotatable bonds is 7. The second-order valence-corrected chi connectivity index (χ2v) is 13.3. The van der Waals surface area contributed by atoms with Crippen LogP contribution < -0.4 is 20.3 Å². The summed E-state index contributed by atoms with van der Waals surface area (Å²) in [6.07, 6.45) is 4.80. The summed E-state index contributed by atoms with van der Waals surface area (Å²) in [7, 11) is -3.71. The number of piperazine rings is 1. The van der Waals surface area contributed by atoms with Gasteiger partial charge >= 0.3 is 0 Å². The summed E-state index contributed by atoms with van der Waals surface area (Å²) in [6, 6.07) is 14.7. The number of carbonyl (C=O) groups is 1. The van der Waals surface area contributed by atoms with Gasteiger partial charge in [0.05, 0.1) is 16.5 Å². The molecule has 212 valence electrons. The smallest absolute Gasteiger partial charge is 0.240 e. The Hall–Kier alpha value is -3.08. The average molecular weight is 566 g/mol. The van der Waals surface area contributed by atoms with Crippen LogP contribution in [-0.2, 0) is 14.8 Å². The molecule has 1 saturated heterocycles. The summed E-state index contributed by atoms with van der Waals surface area (Å²) >= 11 is 0. The molecule has 2 heterocycles. The first kappa shape index (κ1) is 27.1. The van der Waals surface area contributed by atoms with E-state index < -0.39 is 10.0 Å². The van der Waals surface area contributed by atoms with Crippen molar-refractivity contribution in [2.45, 2.75) is 68.0 Å². The van der Waals surface area contributed by atoms with Crippen LogP contribution in [0.5, 0.6) is 0 Å². The van der Waals surface area contributed by atoms with Crippen LogP contribution in [0.1, 0.15) is 57.1 Å². The van der Waals surface area contributed by atoms with Gasteiger partial charge in [0, 0.05) is 42.5 Å². The lowest BCUT2D eigenvalue weighted by Crippen LogP contribution is -2.52. The molecule has 2 saturated carbocycles. The van der Waals surface area contributed by atoms with Gasteiger partial charge in [-0.2, -0.15) is 0 Å². The van der Waals surface area contributed by atoms with Gasteiger partial charge in [-0.05, 0) is 93.5 Å². The van der Waals surface area contributed by atoms with E-state index in [0.29, 0.717) is 25.7 Å². The monoisotopic (exact) mass is 565 g/mol. The minimum absolute atomic E-state index is 0.0485. The molecule has 1 aromatic heterocycles. The molecule has 3 N–H and O–H groups in total. The number of hydrogen-bond acceptors (Lipinski definition) is 6. The summed E-state index contributed by atoms with van der Waals surface area (Å²) in [4.78, 5) is 20.2. The largest absolute Gasteiger partial charge is 0.353 e. The van der Waals surface area contributed by atoms with Crippen molar-refractivity contribution in [2.75, 3.05) is 24.5 Å². The molecule has 1 atom stereocenters. The molecular weight excluding hydrogens is 529 g/mol. The Kier molecular flexibility index (Phi) is 7.27. The van der Waals surface area contributed by atoms with Gasteiger partial charge in [0.1, 0.15) is 11.6 Å². The third-order valence-corrected chi connectivity index (χ3v) is 10.2. The lowest BCUT2D eigenvalue weighted by molar-refractivity contribution is -0.126. The van der Waals surface area contributed by atoms with E-state index in [0.717, 1.165) is 41.9 Å². The van der Waals surface area contributed by atoms with Crippen molar-refractivity contribution < 1.29 is 17.6 Å². The summed E-state index contributed by atoms with van der Waals surface area (Å²) in [5.74, 6) is 0.402. The summed E-state index contributed by atoms with van der Waals surface area (Å²) < 4.78 is 42.5. The molecule has 1 spiro atoms. The topological polar surface area (TPSA) is 103 Å². The number of fused-ring (bicyclic) bond motifs is 1. The zero-order valence-electron chi connectivity index (χ0n) is 22.7. The van der Waals surface area contributed by atoms with E-state index in [1.165, 1.54) is 25.0 Å². The van der Waals surface area contributed by atoms with E-state index in [-0.39, 0.29) is 40.2 Å². The number of pyridine rings is 1. The zero-order valence-corrected chi connectivity index (χ0v) is 23.5. The van der Waals surface area contributed by atoms with E-state index >= 15 is 0 Å². The molecular formula is C30H36FN5O3S. The maximum absolute atomic E-state index is 13.2. The Morgan fingerprint density at radius 2 is 1.82 bits per heavy atom. The number of carbonyl (C=O) groups excluding carboxylic acids is 1. The molecule has 1 amide bonds. The number of aromatic nitrogens is 1. The number of amides is 1. The van der Waals surface area contributed by atoms with Gasteiger partial charge in [0.15, 0.2) is 0 Å². The van der Waals surface area contributed by atoms with Crippen molar-refractivity contribution in [3.8, 4) is 0 Å². The molecule has 0 radical (unpaired) electrons. The Morgan fingerprint density at radius 1 is 1.07 bits per heavy atom. The van der Waals surface area contributed by atoms with Gasteiger partial charge in [0.2, 0.25) is 15.9 Å². The van der Waals surface area contributed by atoms with Crippen LogP contribution in [0.25, 0.3) is 10.9 Å². The van der Waals surface area contributed by atoms with Crippen LogP contribution in [-0.4, -0.2) is 50.5 Å².